The fourth-order valence-corrected chi connectivity index (χ4v) is 1.10. The van der Waals surface area contributed by atoms with Gasteiger partial charge in [-0.2, -0.15) is 0 Å². The zero-order chi connectivity index (χ0) is 11.7. The van der Waals surface area contributed by atoms with Crippen molar-refractivity contribution in [2.24, 2.45) is 0 Å². The molecule has 5 nitrogen and oxygen atoms in total. The molecule has 0 atom stereocenters. The van der Waals surface area contributed by atoms with Crippen LogP contribution >= 0.6 is 0 Å². The molecular weight excluding hydrogens is 196 g/mol. The molecule has 0 spiro atoms. The van der Waals surface area contributed by atoms with E-state index in [0.29, 0.717) is 0 Å². The summed E-state index contributed by atoms with van der Waals surface area (Å²) in [5.74, 6) is 0. The van der Waals surface area contributed by atoms with Gasteiger partial charge >= 0.3 is 1.43 Å². The number of nitrogens with zero attached hydrogens (tertiary/aromatic N) is 2. The summed E-state index contributed by atoms with van der Waals surface area (Å²) in [6.07, 6.45) is 6.63. The highest BCUT2D eigenvalue weighted by molar-refractivity contribution is 5.47. The highest BCUT2D eigenvalue weighted by Crippen LogP contribution is 1.87. The first-order valence-electron chi connectivity index (χ1n) is 5.03. The highest BCUT2D eigenvalue weighted by atomic mass is 16.6. The summed E-state index contributed by atoms with van der Waals surface area (Å²) in [4.78, 5) is 8.33. The van der Waals surface area contributed by atoms with Gasteiger partial charge < -0.3 is 15.0 Å². The van der Waals surface area contributed by atoms with Crippen LogP contribution < -0.4 is 14.8 Å². The molecule has 0 unspecified atom stereocenters. The van der Waals surface area contributed by atoms with E-state index in [1.54, 1.807) is 0 Å². The molecule has 86 valence electrons. The fraction of sp³-hybridized carbons (Fsp3) is 0.600. The van der Waals surface area contributed by atoms with Crippen molar-refractivity contribution < 1.29 is 21.0 Å². The zero-order valence-electron chi connectivity index (χ0n) is 10.2. The molecule has 0 radical (unpaired) electrons. The van der Waals surface area contributed by atoms with E-state index in [2.05, 4.69) is 41.7 Å². The van der Waals surface area contributed by atoms with E-state index in [0.717, 1.165) is 13.1 Å². The fourth-order valence-electron chi connectivity index (χ4n) is 1.10. The molecule has 0 bridgehead atoms. The molecule has 0 saturated carbocycles. The lowest BCUT2D eigenvalue weighted by molar-refractivity contribution is -0.696. The van der Waals surface area contributed by atoms with Crippen LogP contribution in [0.4, 0.5) is 4.79 Å². The van der Waals surface area contributed by atoms with E-state index in [1.165, 1.54) is 12.8 Å². The number of carbonyl (C=O) groups excluding carboxylic acids is 1. The van der Waals surface area contributed by atoms with Crippen molar-refractivity contribution in [3.63, 3.8) is 0 Å². The van der Waals surface area contributed by atoms with Crippen molar-refractivity contribution in [1.29, 1.82) is 0 Å². The van der Waals surface area contributed by atoms with Crippen molar-refractivity contribution in [3.8, 4) is 0 Å². The summed E-state index contributed by atoms with van der Waals surface area (Å²) in [6, 6.07) is 0. The number of unbranched alkanes of at least 4 members (excludes halogenated alkanes) is 1. The van der Waals surface area contributed by atoms with E-state index >= 15 is 0 Å². The Balaban J connectivity index is 0. The van der Waals surface area contributed by atoms with Gasteiger partial charge in [0.25, 0.3) is 0 Å². The second kappa shape index (κ2) is 7.84. The largest absolute Gasteiger partial charge is 1.00 e. The molecule has 0 aliphatic heterocycles. The van der Waals surface area contributed by atoms with Gasteiger partial charge in [0.05, 0.1) is 13.1 Å². The first-order chi connectivity index (χ1) is 7.10. The van der Waals surface area contributed by atoms with E-state index in [4.69, 9.17) is 15.0 Å². The van der Waals surface area contributed by atoms with Crippen molar-refractivity contribution in [1.82, 2.24) is 4.57 Å². The Hall–Kier alpha value is -1.52. The minimum atomic E-state index is -2.33. The van der Waals surface area contributed by atoms with Crippen LogP contribution in [-0.2, 0) is 13.1 Å². The Kier molecular flexibility index (Phi) is 7.05. The van der Waals surface area contributed by atoms with Gasteiger partial charge in [0, 0.05) is 0 Å². The van der Waals surface area contributed by atoms with Crippen molar-refractivity contribution >= 4 is 6.16 Å². The number of carboxylic acid groups (broad SMARTS) is 2. The van der Waals surface area contributed by atoms with Gasteiger partial charge in [0.2, 0.25) is 6.33 Å². The third-order valence-corrected chi connectivity index (χ3v) is 1.88. The first-order valence-corrected chi connectivity index (χ1v) is 5.03. The van der Waals surface area contributed by atoms with Crippen LogP contribution in [0.1, 0.15) is 28.1 Å². The third kappa shape index (κ3) is 7.54. The molecule has 5 heteroatoms. The van der Waals surface area contributed by atoms with Crippen molar-refractivity contribution in [2.45, 2.75) is 39.8 Å². The molecule has 0 aliphatic rings. The smallest absolute Gasteiger partial charge is 0.652 e. The molecule has 0 aliphatic carbocycles. The lowest BCUT2D eigenvalue weighted by Gasteiger charge is -1.96. The van der Waals surface area contributed by atoms with E-state index in [1.807, 2.05) is 0 Å². The average Bonchev–Trinajstić information content (AvgIpc) is 2.61. The summed E-state index contributed by atoms with van der Waals surface area (Å²) < 4.78 is 4.43. The van der Waals surface area contributed by atoms with E-state index in [-0.39, 0.29) is 1.43 Å². The molecule has 0 fully saturated rings. The second-order valence-corrected chi connectivity index (χ2v) is 3.09. The van der Waals surface area contributed by atoms with Crippen molar-refractivity contribution in [3.05, 3.63) is 18.7 Å². The summed E-state index contributed by atoms with van der Waals surface area (Å²) in [6.45, 7) is 6.60. The van der Waals surface area contributed by atoms with Gasteiger partial charge in [0.15, 0.2) is 0 Å². The lowest BCUT2D eigenvalue weighted by Crippen LogP contribution is -2.37. The topological polar surface area (TPSA) is 72.0 Å². The molecule has 0 amide bonds. The SMILES string of the molecule is CCCC[n+]1ccn(CC)c1.O=C([O-])[O-].[H+]. The summed E-state index contributed by atoms with van der Waals surface area (Å²) >= 11 is 0. The monoisotopic (exact) mass is 214 g/mol. The summed E-state index contributed by atoms with van der Waals surface area (Å²) in [5, 5.41) is 16.7. The number of aryl methyl sites for hydroxylation is 2. The maximum Gasteiger partial charge on any atom is 1.00 e. The Morgan fingerprint density at radius 3 is 2.47 bits per heavy atom. The summed E-state index contributed by atoms with van der Waals surface area (Å²) in [7, 11) is 0. The van der Waals surface area contributed by atoms with Crippen LogP contribution in [0.25, 0.3) is 0 Å². The molecule has 1 aromatic rings. The Morgan fingerprint density at radius 1 is 1.47 bits per heavy atom. The average molecular weight is 214 g/mol. The summed E-state index contributed by atoms with van der Waals surface area (Å²) in [5.41, 5.74) is 0. The van der Waals surface area contributed by atoms with Crippen LogP contribution in [0.2, 0.25) is 0 Å². The van der Waals surface area contributed by atoms with Crippen LogP contribution in [0, 0.1) is 0 Å². The Labute approximate surface area is 91.1 Å². The zero-order valence-corrected chi connectivity index (χ0v) is 9.18. The first kappa shape index (κ1) is 13.5. The van der Waals surface area contributed by atoms with Gasteiger partial charge in [-0.3, -0.25) is 0 Å². The number of carbonyl (C=O) groups is 1. The normalized spacial score (nSPS) is 9.20. The molecular formula is C10H18N2O3. The van der Waals surface area contributed by atoms with Crippen LogP contribution in [-0.4, -0.2) is 10.7 Å². The Bertz CT molecular complexity index is 285. The standard InChI is InChI=1S/C9H17N2.CH2O3/c1-3-5-6-11-8-7-10(4-2)9-11;2-1(3)4/h7-9H,3-6H2,1-2H3;(H2,2,3,4)/q+1;/p-1. The Morgan fingerprint density at radius 2 is 2.07 bits per heavy atom. The maximum absolute atomic E-state index is 8.33. The molecule has 0 N–H and O–H groups in total. The van der Waals surface area contributed by atoms with Gasteiger partial charge in [-0.05, 0) is 19.5 Å². The number of imidazole rings is 1. The van der Waals surface area contributed by atoms with Gasteiger partial charge in [-0.1, -0.05) is 13.3 Å². The number of hydrogen-bond acceptors (Lipinski definition) is 3. The molecule has 1 aromatic heterocycles. The predicted molar refractivity (Wildman–Crippen MR) is 51.7 cm³/mol. The molecule has 0 saturated heterocycles. The number of rotatable bonds is 4. The van der Waals surface area contributed by atoms with Crippen LogP contribution in [0.15, 0.2) is 18.7 Å². The highest BCUT2D eigenvalue weighted by Gasteiger charge is 1.98. The number of hydrogen-bond donors (Lipinski definition) is 0. The number of aromatic nitrogens is 2. The van der Waals surface area contributed by atoms with Gasteiger partial charge in [-0.15, -0.1) is 0 Å². The molecule has 1 rings (SSSR count). The predicted octanol–water partition coefficient (Wildman–Crippen LogP) is -0.739. The molecule has 15 heavy (non-hydrogen) atoms. The quantitative estimate of drug-likeness (QED) is 0.620. The second-order valence-electron chi connectivity index (χ2n) is 3.09. The molecule has 1 heterocycles. The van der Waals surface area contributed by atoms with E-state index in [9.17, 15) is 0 Å². The van der Waals surface area contributed by atoms with Crippen molar-refractivity contribution in [2.75, 3.05) is 0 Å². The maximum atomic E-state index is 8.33. The molecule has 0 aromatic carbocycles. The third-order valence-electron chi connectivity index (χ3n) is 1.88. The minimum Gasteiger partial charge on any atom is -0.652 e. The van der Waals surface area contributed by atoms with E-state index < -0.39 is 6.16 Å². The minimum absolute atomic E-state index is 0. The van der Waals surface area contributed by atoms with Crippen LogP contribution in [0.5, 0.6) is 0 Å². The van der Waals surface area contributed by atoms with Crippen LogP contribution in [0.3, 0.4) is 0 Å². The van der Waals surface area contributed by atoms with Gasteiger partial charge in [0.1, 0.15) is 12.4 Å². The lowest BCUT2D eigenvalue weighted by atomic mass is 10.3. The van der Waals surface area contributed by atoms with Gasteiger partial charge in [-0.25, -0.2) is 9.13 Å².